The summed E-state index contributed by atoms with van der Waals surface area (Å²) in [4.78, 5) is 13.5. The highest BCUT2D eigenvalue weighted by molar-refractivity contribution is 9.09. The van der Waals surface area contributed by atoms with Crippen LogP contribution in [0.4, 0.5) is 5.82 Å². The Morgan fingerprint density at radius 1 is 1.69 bits per heavy atom. The van der Waals surface area contributed by atoms with Gasteiger partial charge in [0.15, 0.2) is 5.82 Å². The molecule has 1 atom stereocenters. The van der Waals surface area contributed by atoms with Gasteiger partial charge >= 0.3 is 0 Å². The highest BCUT2D eigenvalue weighted by Gasteiger charge is 2.31. The van der Waals surface area contributed by atoms with Gasteiger partial charge < -0.3 is 0 Å². The van der Waals surface area contributed by atoms with Crippen LogP contribution in [0.15, 0.2) is 6.07 Å². The van der Waals surface area contributed by atoms with Crippen LogP contribution in [0.3, 0.4) is 0 Å². The first kappa shape index (κ1) is 11.6. The molecule has 1 aliphatic heterocycles. The van der Waals surface area contributed by atoms with Crippen molar-refractivity contribution in [1.29, 1.82) is 0 Å². The van der Waals surface area contributed by atoms with Crippen molar-refractivity contribution in [2.24, 2.45) is 5.92 Å². The molecule has 0 radical (unpaired) electrons. The molecule has 4 nitrogen and oxygen atoms in total. The van der Waals surface area contributed by atoms with Gasteiger partial charge in [0.05, 0.1) is 0 Å². The number of alkyl halides is 1. The number of nitrogens with zero attached hydrogens (tertiary/aromatic N) is 2. The summed E-state index contributed by atoms with van der Waals surface area (Å²) in [5, 5.41) is 8.05. The number of aromatic nitrogens is 2. The molecule has 1 unspecified atom stereocenters. The Morgan fingerprint density at radius 2 is 2.44 bits per heavy atom. The molecule has 2 heterocycles. The normalized spacial score (nSPS) is 21.1. The molecule has 0 aromatic carbocycles. The van der Waals surface area contributed by atoms with Crippen LogP contribution in [0.2, 0.25) is 0 Å². The number of carbonyl (C=O) groups is 1. The van der Waals surface area contributed by atoms with Gasteiger partial charge in [0.1, 0.15) is 0 Å². The van der Waals surface area contributed by atoms with Crippen molar-refractivity contribution in [2.75, 3.05) is 16.8 Å². The van der Waals surface area contributed by atoms with E-state index < -0.39 is 0 Å². The molecular weight excluding hydrogens is 270 g/mol. The number of aromatic amines is 1. The van der Waals surface area contributed by atoms with Gasteiger partial charge in [0.2, 0.25) is 5.91 Å². The number of nitrogens with one attached hydrogen (secondary N) is 1. The summed E-state index contributed by atoms with van der Waals surface area (Å²) in [7, 11) is 0. The Labute approximate surface area is 104 Å². The molecule has 16 heavy (non-hydrogen) atoms. The van der Waals surface area contributed by atoms with E-state index in [4.69, 9.17) is 0 Å². The zero-order valence-electron chi connectivity index (χ0n) is 9.53. The van der Waals surface area contributed by atoms with E-state index in [1.165, 1.54) is 0 Å². The minimum Gasteiger partial charge on any atom is -0.295 e. The SMILES string of the molecule is CC(C)c1cc(N2CC(CBr)CC2=O)n[nH]1. The minimum atomic E-state index is 0.172. The van der Waals surface area contributed by atoms with Crippen molar-refractivity contribution in [3.63, 3.8) is 0 Å². The number of amides is 1. The predicted molar refractivity (Wildman–Crippen MR) is 66.9 cm³/mol. The third-order valence-corrected chi connectivity index (χ3v) is 3.82. The lowest BCUT2D eigenvalue weighted by Gasteiger charge is -2.12. The molecule has 1 saturated heterocycles. The van der Waals surface area contributed by atoms with Crippen LogP contribution in [-0.2, 0) is 4.79 Å². The van der Waals surface area contributed by atoms with E-state index in [9.17, 15) is 4.79 Å². The van der Waals surface area contributed by atoms with Gasteiger partial charge in [-0.25, -0.2) is 0 Å². The van der Waals surface area contributed by atoms with Gasteiger partial charge in [-0.3, -0.25) is 14.8 Å². The molecule has 1 N–H and O–H groups in total. The largest absolute Gasteiger partial charge is 0.295 e. The second-order valence-corrected chi connectivity index (χ2v) is 5.21. The van der Waals surface area contributed by atoms with Gasteiger partial charge in [-0.15, -0.1) is 0 Å². The monoisotopic (exact) mass is 285 g/mol. The smallest absolute Gasteiger partial charge is 0.228 e. The number of halogens is 1. The minimum absolute atomic E-state index is 0.172. The maximum Gasteiger partial charge on any atom is 0.228 e. The molecule has 1 aliphatic rings. The summed E-state index contributed by atoms with van der Waals surface area (Å²) >= 11 is 3.43. The highest BCUT2D eigenvalue weighted by Crippen LogP contribution is 2.26. The molecule has 5 heteroatoms. The first-order valence-electron chi connectivity index (χ1n) is 5.53. The Morgan fingerprint density at radius 3 is 2.94 bits per heavy atom. The van der Waals surface area contributed by atoms with Gasteiger partial charge in [-0.05, 0) is 11.8 Å². The maximum atomic E-state index is 11.8. The van der Waals surface area contributed by atoms with E-state index >= 15 is 0 Å². The predicted octanol–water partition coefficient (Wildman–Crippen LogP) is 2.28. The van der Waals surface area contributed by atoms with Crippen LogP contribution in [0.1, 0.15) is 31.9 Å². The van der Waals surface area contributed by atoms with E-state index in [0.29, 0.717) is 18.3 Å². The van der Waals surface area contributed by atoms with Crippen LogP contribution in [-0.4, -0.2) is 28.0 Å². The average Bonchev–Trinajstić information content (AvgIpc) is 2.83. The summed E-state index contributed by atoms with van der Waals surface area (Å²) < 4.78 is 0. The topological polar surface area (TPSA) is 49.0 Å². The number of carbonyl (C=O) groups excluding carboxylic acids is 1. The van der Waals surface area contributed by atoms with Crippen LogP contribution in [0, 0.1) is 5.92 Å². The van der Waals surface area contributed by atoms with Gasteiger partial charge in [0, 0.05) is 30.1 Å². The van der Waals surface area contributed by atoms with E-state index in [-0.39, 0.29) is 5.91 Å². The van der Waals surface area contributed by atoms with Crippen molar-refractivity contribution < 1.29 is 4.79 Å². The molecule has 0 aliphatic carbocycles. The first-order valence-corrected chi connectivity index (χ1v) is 6.65. The van der Waals surface area contributed by atoms with Gasteiger partial charge in [-0.1, -0.05) is 29.8 Å². The standard InChI is InChI=1S/C11H16BrN3O/c1-7(2)9-4-10(14-13-9)15-6-8(5-12)3-11(15)16/h4,7-8H,3,5-6H2,1-2H3,(H,13,14). The Balaban J connectivity index is 2.15. The van der Waals surface area contributed by atoms with Crippen molar-refractivity contribution in [3.05, 3.63) is 11.8 Å². The number of anilines is 1. The number of hydrogen-bond acceptors (Lipinski definition) is 2. The quantitative estimate of drug-likeness (QED) is 0.867. The van der Waals surface area contributed by atoms with Gasteiger partial charge in [-0.2, -0.15) is 5.10 Å². The molecule has 1 amide bonds. The molecule has 88 valence electrons. The fourth-order valence-corrected chi connectivity index (χ4v) is 2.30. The van der Waals surface area contributed by atoms with Crippen molar-refractivity contribution in [1.82, 2.24) is 10.2 Å². The summed E-state index contributed by atoms with van der Waals surface area (Å²) in [6.07, 6.45) is 0.620. The molecule has 1 aromatic heterocycles. The van der Waals surface area contributed by atoms with E-state index in [1.807, 2.05) is 6.07 Å². The molecular formula is C11H16BrN3O. The van der Waals surface area contributed by atoms with Gasteiger partial charge in [0.25, 0.3) is 0 Å². The number of rotatable bonds is 3. The Kier molecular flexibility index (Phi) is 3.33. The lowest BCUT2D eigenvalue weighted by Crippen LogP contribution is -2.24. The van der Waals surface area contributed by atoms with Crippen molar-refractivity contribution in [2.45, 2.75) is 26.2 Å². The fourth-order valence-electron chi connectivity index (χ4n) is 1.87. The zero-order valence-corrected chi connectivity index (χ0v) is 11.1. The summed E-state index contributed by atoms with van der Waals surface area (Å²) in [5.74, 6) is 1.75. The lowest BCUT2D eigenvalue weighted by atomic mass is 10.1. The number of hydrogen-bond donors (Lipinski definition) is 1. The van der Waals surface area contributed by atoms with E-state index in [2.05, 4.69) is 40.0 Å². The molecule has 1 fully saturated rings. The lowest BCUT2D eigenvalue weighted by molar-refractivity contribution is -0.117. The summed E-state index contributed by atoms with van der Waals surface area (Å²) in [5.41, 5.74) is 1.07. The van der Waals surface area contributed by atoms with E-state index in [1.54, 1.807) is 4.90 Å². The summed E-state index contributed by atoms with van der Waals surface area (Å²) in [6, 6.07) is 1.97. The first-order chi connectivity index (χ1) is 7.61. The third-order valence-electron chi connectivity index (χ3n) is 2.91. The number of H-pyrrole nitrogens is 1. The van der Waals surface area contributed by atoms with Crippen LogP contribution < -0.4 is 4.90 Å². The molecule has 1 aromatic rings. The Bertz CT molecular complexity index is 388. The van der Waals surface area contributed by atoms with Crippen molar-refractivity contribution >= 4 is 27.7 Å². The van der Waals surface area contributed by atoms with Crippen molar-refractivity contribution in [3.8, 4) is 0 Å². The molecule has 0 saturated carbocycles. The van der Waals surface area contributed by atoms with Crippen LogP contribution in [0.5, 0.6) is 0 Å². The highest BCUT2D eigenvalue weighted by atomic mass is 79.9. The molecule has 0 bridgehead atoms. The summed E-state index contributed by atoms with van der Waals surface area (Å²) in [6.45, 7) is 4.97. The van der Waals surface area contributed by atoms with Crippen LogP contribution in [0.25, 0.3) is 0 Å². The molecule has 2 rings (SSSR count). The average molecular weight is 286 g/mol. The second-order valence-electron chi connectivity index (χ2n) is 4.56. The maximum absolute atomic E-state index is 11.8. The van der Waals surface area contributed by atoms with Crippen LogP contribution >= 0.6 is 15.9 Å². The zero-order chi connectivity index (χ0) is 11.7. The third kappa shape index (κ3) is 2.14. The second kappa shape index (κ2) is 4.57. The van der Waals surface area contributed by atoms with E-state index in [0.717, 1.165) is 23.4 Å². The fraction of sp³-hybridized carbons (Fsp3) is 0.636. The molecule has 0 spiro atoms. The Hall–Kier alpha value is -0.840.